The van der Waals surface area contributed by atoms with Gasteiger partial charge in [0.25, 0.3) is 5.91 Å². The van der Waals surface area contributed by atoms with Crippen LogP contribution in [-0.2, 0) is 11.3 Å². The van der Waals surface area contributed by atoms with Gasteiger partial charge in [0.1, 0.15) is 0 Å². The maximum Gasteiger partial charge on any atom is 0.253 e. The van der Waals surface area contributed by atoms with Gasteiger partial charge in [0, 0.05) is 17.3 Å². The van der Waals surface area contributed by atoms with Crippen LogP contribution in [0.5, 0.6) is 0 Å². The fraction of sp³-hybridized carbons (Fsp3) is 0.273. The monoisotopic (exact) mass is 491 g/mol. The van der Waals surface area contributed by atoms with Crippen LogP contribution in [0.1, 0.15) is 41.6 Å². The number of carbonyl (C=O) groups excluding carboxylic acids is 2. The number of amides is 2. The lowest BCUT2D eigenvalue weighted by molar-refractivity contribution is -0.113. The van der Waals surface area contributed by atoms with Crippen LogP contribution in [0.3, 0.4) is 0 Å². The van der Waals surface area contributed by atoms with E-state index in [0.29, 0.717) is 38.8 Å². The molecule has 0 bridgehead atoms. The second-order valence-corrected chi connectivity index (χ2v) is 8.84. The second kappa shape index (κ2) is 10.8. The summed E-state index contributed by atoms with van der Waals surface area (Å²) < 4.78 is 1.88. The average Bonchev–Trinajstić information content (AvgIpc) is 3.17. The molecule has 0 unspecified atom stereocenters. The first-order valence-corrected chi connectivity index (χ1v) is 11.7. The Balaban J connectivity index is 1.64. The van der Waals surface area contributed by atoms with Crippen molar-refractivity contribution in [3.05, 3.63) is 69.5 Å². The molecule has 0 aliphatic rings. The van der Waals surface area contributed by atoms with E-state index >= 15 is 0 Å². The van der Waals surface area contributed by atoms with Gasteiger partial charge in [-0.15, -0.1) is 10.2 Å². The molecule has 2 aromatic carbocycles. The Morgan fingerprint density at radius 2 is 1.91 bits per heavy atom. The van der Waals surface area contributed by atoms with Crippen molar-refractivity contribution in [2.24, 2.45) is 0 Å². The van der Waals surface area contributed by atoms with Crippen molar-refractivity contribution in [1.82, 2.24) is 20.1 Å². The van der Waals surface area contributed by atoms with E-state index in [-0.39, 0.29) is 17.6 Å². The predicted octanol–water partition coefficient (Wildman–Crippen LogP) is 5.14. The number of hydrogen-bond donors (Lipinski definition) is 2. The van der Waals surface area contributed by atoms with Crippen molar-refractivity contribution in [3.63, 3.8) is 0 Å². The summed E-state index contributed by atoms with van der Waals surface area (Å²) in [4.78, 5) is 25.0. The molecule has 1 atom stereocenters. The Morgan fingerprint density at radius 3 is 2.59 bits per heavy atom. The molecule has 1 heterocycles. The molecule has 0 aliphatic heterocycles. The van der Waals surface area contributed by atoms with E-state index in [4.69, 9.17) is 23.2 Å². The van der Waals surface area contributed by atoms with Gasteiger partial charge in [0.2, 0.25) is 5.91 Å². The summed E-state index contributed by atoms with van der Waals surface area (Å²) in [7, 11) is 0. The summed E-state index contributed by atoms with van der Waals surface area (Å²) in [6, 6.07) is 11.8. The van der Waals surface area contributed by atoms with E-state index in [1.54, 1.807) is 42.5 Å². The largest absolute Gasteiger partial charge is 0.342 e. The van der Waals surface area contributed by atoms with Gasteiger partial charge in [-0.25, -0.2) is 0 Å². The van der Waals surface area contributed by atoms with E-state index in [9.17, 15) is 9.59 Å². The third kappa shape index (κ3) is 5.82. The average molecular weight is 492 g/mol. The van der Waals surface area contributed by atoms with Crippen LogP contribution in [-0.4, -0.2) is 32.3 Å². The maximum atomic E-state index is 12.6. The quantitative estimate of drug-likeness (QED) is 0.426. The molecule has 0 aliphatic carbocycles. The van der Waals surface area contributed by atoms with Gasteiger partial charge >= 0.3 is 0 Å². The highest BCUT2D eigenvalue weighted by Gasteiger charge is 2.21. The Morgan fingerprint density at radius 1 is 1.16 bits per heavy atom. The van der Waals surface area contributed by atoms with Crippen LogP contribution in [0.4, 0.5) is 5.69 Å². The summed E-state index contributed by atoms with van der Waals surface area (Å²) in [5.41, 5.74) is 2.00. The van der Waals surface area contributed by atoms with Crippen LogP contribution >= 0.6 is 35.0 Å². The third-order valence-electron chi connectivity index (χ3n) is 4.71. The number of aromatic nitrogens is 3. The molecule has 0 saturated carbocycles. The van der Waals surface area contributed by atoms with Gasteiger partial charge in [-0.05, 0) is 56.7 Å². The minimum Gasteiger partial charge on any atom is -0.342 e. The highest BCUT2D eigenvalue weighted by molar-refractivity contribution is 7.99. The van der Waals surface area contributed by atoms with E-state index in [1.165, 1.54) is 11.8 Å². The topological polar surface area (TPSA) is 88.9 Å². The van der Waals surface area contributed by atoms with Gasteiger partial charge < -0.3 is 15.2 Å². The Bertz CT molecular complexity index is 1140. The van der Waals surface area contributed by atoms with Gasteiger partial charge in [-0.1, -0.05) is 47.1 Å². The Hall–Kier alpha value is -2.55. The lowest BCUT2D eigenvalue weighted by Crippen LogP contribution is -2.29. The zero-order chi connectivity index (χ0) is 23.3. The smallest absolute Gasteiger partial charge is 0.253 e. The SMILES string of the molecule is CCn1c(SCC(=O)Nc2ccc(Cl)cc2C)nnc1[C@@H](C)NC(=O)c1ccccc1Cl. The molecule has 2 N–H and O–H groups in total. The van der Waals surface area contributed by atoms with Gasteiger partial charge in [0.15, 0.2) is 11.0 Å². The van der Waals surface area contributed by atoms with Crippen molar-refractivity contribution in [3.8, 4) is 0 Å². The summed E-state index contributed by atoms with van der Waals surface area (Å²) in [5.74, 6) is 0.318. The minimum absolute atomic E-state index is 0.160. The first-order valence-electron chi connectivity index (χ1n) is 9.97. The first kappa shape index (κ1) is 24.1. The third-order valence-corrected chi connectivity index (χ3v) is 6.24. The zero-order valence-electron chi connectivity index (χ0n) is 17.9. The molecule has 32 heavy (non-hydrogen) atoms. The molecule has 10 heteroatoms. The molecular formula is C22H23Cl2N5O2S. The molecule has 7 nitrogen and oxygen atoms in total. The second-order valence-electron chi connectivity index (χ2n) is 7.06. The first-order chi connectivity index (χ1) is 15.3. The Kier molecular flexibility index (Phi) is 8.17. The van der Waals surface area contributed by atoms with Crippen molar-refractivity contribution in [2.45, 2.75) is 38.5 Å². The standard InChI is InChI=1S/C22H23Cl2N5O2S/c1-4-29-20(14(3)25-21(31)16-7-5-6-8-17(16)24)27-28-22(29)32-12-19(30)26-18-10-9-15(23)11-13(18)2/h5-11,14H,4,12H2,1-3H3,(H,25,31)(H,26,30)/t14-/m1/s1. The molecule has 0 radical (unpaired) electrons. The molecule has 3 rings (SSSR count). The zero-order valence-corrected chi connectivity index (χ0v) is 20.2. The van der Waals surface area contributed by atoms with E-state index in [0.717, 1.165) is 5.56 Å². The number of nitrogens with one attached hydrogen (secondary N) is 2. The van der Waals surface area contributed by atoms with Crippen LogP contribution in [0.25, 0.3) is 0 Å². The number of hydrogen-bond acceptors (Lipinski definition) is 5. The molecule has 1 aromatic heterocycles. The van der Waals surface area contributed by atoms with Crippen molar-refractivity contribution in [2.75, 3.05) is 11.1 Å². The fourth-order valence-corrected chi connectivity index (χ4v) is 4.35. The lowest BCUT2D eigenvalue weighted by Gasteiger charge is -2.15. The van der Waals surface area contributed by atoms with Crippen LogP contribution < -0.4 is 10.6 Å². The summed E-state index contributed by atoms with van der Waals surface area (Å²) >= 11 is 13.4. The van der Waals surface area contributed by atoms with Gasteiger partial charge in [0.05, 0.1) is 22.4 Å². The van der Waals surface area contributed by atoms with E-state index in [2.05, 4.69) is 20.8 Å². The van der Waals surface area contributed by atoms with Gasteiger partial charge in [-0.2, -0.15) is 0 Å². The summed E-state index contributed by atoms with van der Waals surface area (Å²) in [5, 5.41) is 15.8. The molecule has 0 saturated heterocycles. The molecule has 2 amide bonds. The van der Waals surface area contributed by atoms with Crippen LogP contribution in [0.2, 0.25) is 10.0 Å². The fourth-order valence-electron chi connectivity index (χ4n) is 3.09. The lowest BCUT2D eigenvalue weighted by atomic mass is 10.2. The normalized spacial score (nSPS) is 11.8. The summed E-state index contributed by atoms with van der Waals surface area (Å²) in [6.07, 6.45) is 0. The Labute approximate surface area is 200 Å². The molecule has 0 spiro atoms. The summed E-state index contributed by atoms with van der Waals surface area (Å²) in [6.45, 7) is 6.26. The van der Waals surface area contributed by atoms with Crippen molar-refractivity contribution < 1.29 is 9.59 Å². The van der Waals surface area contributed by atoms with E-state index in [1.807, 2.05) is 25.3 Å². The number of anilines is 1. The predicted molar refractivity (Wildman–Crippen MR) is 129 cm³/mol. The number of thioether (sulfide) groups is 1. The number of halogens is 2. The molecule has 0 fully saturated rings. The number of nitrogens with zero attached hydrogens (tertiary/aromatic N) is 3. The minimum atomic E-state index is -0.397. The van der Waals surface area contributed by atoms with Crippen LogP contribution in [0, 0.1) is 6.92 Å². The molecule has 168 valence electrons. The van der Waals surface area contributed by atoms with Crippen molar-refractivity contribution in [1.29, 1.82) is 0 Å². The van der Waals surface area contributed by atoms with Crippen LogP contribution in [0.15, 0.2) is 47.6 Å². The number of carbonyl (C=O) groups is 2. The number of aryl methyl sites for hydroxylation is 1. The number of rotatable bonds is 8. The van der Waals surface area contributed by atoms with E-state index < -0.39 is 6.04 Å². The van der Waals surface area contributed by atoms with Gasteiger partial charge in [-0.3, -0.25) is 9.59 Å². The highest BCUT2D eigenvalue weighted by atomic mass is 35.5. The number of benzene rings is 2. The maximum absolute atomic E-state index is 12.6. The molecule has 3 aromatic rings. The molecular weight excluding hydrogens is 469 g/mol. The van der Waals surface area contributed by atoms with Crippen molar-refractivity contribution >= 4 is 52.5 Å². The highest BCUT2D eigenvalue weighted by Crippen LogP contribution is 2.23.